The summed E-state index contributed by atoms with van der Waals surface area (Å²) in [7, 11) is 0. The lowest BCUT2D eigenvalue weighted by molar-refractivity contribution is -0.133. The Morgan fingerprint density at radius 1 is 1.00 bits per heavy atom. The molecule has 0 spiro atoms. The number of fused-ring (bicyclic) bond motifs is 7. The Labute approximate surface area is 146 Å². The Kier molecular flexibility index (Phi) is 3.36. The molecule has 5 aliphatic carbocycles. The molecule has 0 amide bonds. The molecule has 1 N–H and O–H groups in total. The summed E-state index contributed by atoms with van der Waals surface area (Å²) in [4.78, 5) is 12.5. The van der Waals surface area contributed by atoms with Crippen molar-refractivity contribution in [2.75, 3.05) is 0 Å². The van der Waals surface area contributed by atoms with Gasteiger partial charge in [-0.15, -0.1) is 0 Å². The number of hydrogen-bond acceptors (Lipinski definition) is 2. The minimum Gasteiger partial charge on any atom is -0.389 e. The Bertz CT molecular complexity index is 556. The van der Waals surface area contributed by atoms with Crippen molar-refractivity contribution in [1.29, 1.82) is 0 Å². The molecule has 5 rings (SSSR count). The zero-order chi connectivity index (χ0) is 16.7. The molecule has 0 aromatic rings. The van der Waals surface area contributed by atoms with Crippen molar-refractivity contribution in [1.82, 2.24) is 0 Å². The van der Waals surface area contributed by atoms with Crippen molar-refractivity contribution in [2.45, 2.75) is 83.7 Å². The average molecular weight is 331 g/mol. The third-order valence-corrected chi connectivity index (χ3v) is 9.62. The van der Waals surface area contributed by atoms with E-state index in [1.54, 1.807) is 0 Å². The predicted molar refractivity (Wildman–Crippen MR) is 94.3 cm³/mol. The van der Waals surface area contributed by atoms with Gasteiger partial charge in [0.1, 0.15) is 5.78 Å². The van der Waals surface area contributed by atoms with E-state index in [9.17, 15) is 9.90 Å². The van der Waals surface area contributed by atoms with Gasteiger partial charge in [0.25, 0.3) is 0 Å². The highest BCUT2D eigenvalue weighted by Gasteiger charge is 2.70. The van der Waals surface area contributed by atoms with E-state index in [1.807, 2.05) is 0 Å². The first kappa shape index (κ1) is 15.9. The highest BCUT2D eigenvalue weighted by Crippen LogP contribution is 2.70. The molecule has 0 aromatic carbocycles. The van der Waals surface area contributed by atoms with Crippen LogP contribution in [0.1, 0.15) is 78.1 Å². The molecule has 24 heavy (non-hydrogen) atoms. The molecule has 0 aromatic heterocycles. The summed E-state index contributed by atoms with van der Waals surface area (Å²) in [5.41, 5.74) is -0.260. The molecule has 0 radical (unpaired) electrons. The van der Waals surface area contributed by atoms with Gasteiger partial charge in [0.15, 0.2) is 0 Å². The van der Waals surface area contributed by atoms with E-state index < -0.39 is 0 Å². The van der Waals surface area contributed by atoms with Crippen LogP contribution >= 0.6 is 0 Å². The van der Waals surface area contributed by atoms with Gasteiger partial charge in [0.2, 0.25) is 0 Å². The maximum absolute atomic E-state index is 12.5. The van der Waals surface area contributed by atoms with Crippen LogP contribution in [0.5, 0.6) is 0 Å². The first-order valence-corrected chi connectivity index (χ1v) is 10.8. The molecule has 2 unspecified atom stereocenters. The van der Waals surface area contributed by atoms with Crippen LogP contribution < -0.4 is 0 Å². The van der Waals surface area contributed by atoms with Gasteiger partial charge >= 0.3 is 0 Å². The molecule has 5 fully saturated rings. The first-order chi connectivity index (χ1) is 11.5. The van der Waals surface area contributed by atoms with Crippen molar-refractivity contribution >= 4 is 5.78 Å². The monoisotopic (exact) mass is 330 g/mol. The molecule has 5 aliphatic rings. The molecule has 134 valence electrons. The van der Waals surface area contributed by atoms with Gasteiger partial charge in [0, 0.05) is 11.8 Å². The SMILES string of the molecule is CCCC1C2[C@H]3CC[C@@H]4[C@H](CC[C@]5(C)C(=O)CC[C@@H]45)[C@H]3CC[C@]12O. The van der Waals surface area contributed by atoms with Crippen LogP contribution in [0.2, 0.25) is 0 Å². The molecule has 2 nitrogen and oxygen atoms in total. The molecule has 0 saturated heterocycles. The Morgan fingerprint density at radius 3 is 2.50 bits per heavy atom. The van der Waals surface area contributed by atoms with Crippen LogP contribution in [0, 0.1) is 46.8 Å². The Morgan fingerprint density at radius 2 is 1.71 bits per heavy atom. The fourth-order valence-corrected chi connectivity index (χ4v) is 8.52. The summed E-state index contributed by atoms with van der Waals surface area (Å²) in [5, 5.41) is 11.1. The number of aliphatic hydroxyl groups is 1. The summed E-state index contributed by atoms with van der Waals surface area (Å²) >= 11 is 0. The van der Waals surface area contributed by atoms with E-state index >= 15 is 0 Å². The number of hydrogen-bond donors (Lipinski definition) is 1. The number of ketones is 1. The van der Waals surface area contributed by atoms with E-state index in [-0.39, 0.29) is 11.0 Å². The summed E-state index contributed by atoms with van der Waals surface area (Å²) < 4.78 is 0. The van der Waals surface area contributed by atoms with E-state index in [0.717, 1.165) is 42.9 Å². The van der Waals surface area contributed by atoms with Gasteiger partial charge in [0.05, 0.1) is 5.60 Å². The number of rotatable bonds is 2. The fraction of sp³-hybridized carbons (Fsp3) is 0.955. The van der Waals surface area contributed by atoms with Crippen LogP contribution in [-0.4, -0.2) is 16.5 Å². The largest absolute Gasteiger partial charge is 0.389 e. The molecule has 0 aliphatic heterocycles. The quantitative estimate of drug-likeness (QED) is 0.803. The van der Waals surface area contributed by atoms with Crippen LogP contribution in [-0.2, 0) is 4.79 Å². The molecule has 9 atom stereocenters. The fourth-order valence-electron chi connectivity index (χ4n) is 8.52. The van der Waals surface area contributed by atoms with E-state index in [1.165, 1.54) is 44.9 Å². The number of carbonyl (C=O) groups excluding carboxylic acids is 1. The van der Waals surface area contributed by atoms with Crippen molar-refractivity contribution in [3.63, 3.8) is 0 Å². The van der Waals surface area contributed by atoms with Gasteiger partial charge in [-0.25, -0.2) is 0 Å². The van der Waals surface area contributed by atoms with Crippen LogP contribution in [0.15, 0.2) is 0 Å². The first-order valence-electron chi connectivity index (χ1n) is 10.8. The van der Waals surface area contributed by atoms with Crippen molar-refractivity contribution in [2.24, 2.45) is 46.8 Å². The second-order valence-corrected chi connectivity index (χ2v) is 10.2. The molecule has 5 saturated carbocycles. The van der Waals surface area contributed by atoms with Crippen molar-refractivity contribution < 1.29 is 9.90 Å². The third-order valence-electron chi connectivity index (χ3n) is 9.62. The maximum Gasteiger partial charge on any atom is 0.139 e. The zero-order valence-corrected chi connectivity index (χ0v) is 15.5. The summed E-state index contributed by atoms with van der Waals surface area (Å²) in [6.45, 7) is 4.55. The van der Waals surface area contributed by atoms with Crippen LogP contribution in [0.25, 0.3) is 0 Å². The Hall–Kier alpha value is -0.370. The maximum atomic E-state index is 12.5. The lowest BCUT2D eigenvalue weighted by Gasteiger charge is -2.54. The van der Waals surface area contributed by atoms with Crippen molar-refractivity contribution in [3.05, 3.63) is 0 Å². The smallest absolute Gasteiger partial charge is 0.139 e. The van der Waals surface area contributed by atoms with E-state index in [0.29, 0.717) is 23.5 Å². The summed E-state index contributed by atoms with van der Waals surface area (Å²) in [6, 6.07) is 0. The molecule has 0 bridgehead atoms. The predicted octanol–water partition coefficient (Wildman–Crippen LogP) is 4.60. The van der Waals surface area contributed by atoms with Gasteiger partial charge < -0.3 is 5.11 Å². The lowest BCUT2D eigenvalue weighted by atomic mass is 9.50. The highest BCUT2D eigenvalue weighted by molar-refractivity contribution is 5.87. The molecule has 2 heteroatoms. The van der Waals surface area contributed by atoms with E-state index in [4.69, 9.17) is 0 Å². The van der Waals surface area contributed by atoms with Gasteiger partial charge in [-0.2, -0.15) is 0 Å². The minimum atomic E-state index is -0.281. The van der Waals surface area contributed by atoms with Crippen molar-refractivity contribution in [3.8, 4) is 0 Å². The molecule has 0 heterocycles. The normalized spacial score (nSPS) is 58.5. The standard InChI is InChI=1S/C22H34O2/c1-3-4-18-20-16-6-5-15-13(14(16)10-12-22(18,20)24)9-11-21(2)17(15)7-8-19(21)23/h13-18,20,24H,3-12H2,1-2H3/t13-,14-,15-,16+,17+,18?,20?,21+,22+/m1/s1. The van der Waals surface area contributed by atoms with Crippen LogP contribution in [0.3, 0.4) is 0 Å². The number of carbonyl (C=O) groups is 1. The third kappa shape index (κ3) is 1.85. The molecular weight excluding hydrogens is 296 g/mol. The molecular formula is C22H34O2. The van der Waals surface area contributed by atoms with Gasteiger partial charge in [-0.3, -0.25) is 4.79 Å². The summed E-state index contributed by atoms with van der Waals surface area (Å²) in [6.07, 6.45) is 11.9. The minimum absolute atomic E-state index is 0.0216. The zero-order valence-electron chi connectivity index (χ0n) is 15.5. The number of Topliss-reactive ketones (excluding diaryl/α,β-unsaturated/α-hetero) is 1. The Balaban J connectivity index is 1.38. The lowest BCUT2D eigenvalue weighted by Crippen LogP contribution is -2.49. The van der Waals surface area contributed by atoms with Gasteiger partial charge in [-0.1, -0.05) is 20.3 Å². The van der Waals surface area contributed by atoms with Gasteiger partial charge in [-0.05, 0) is 92.8 Å². The second-order valence-electron chi connectivity index (χ2n) is 10.2. The summed E-state index contributed by atoms with van der Waals surface area (Å²) in [5.74, 6) is 5.80. The van der Waals surface area contributed by atoms with E-state index in [2.05, 4.69) is 13.8 Å². The average Bonchev–Trinajstić information content (AvgIpc) is 3.05. The highest BCUT2D eigenvalue weighted by atomic mass is 16.3. The second kappa shape index (κ2) is 5.09. The topological polar surface area (TPSA) is 37.3 Å². The van der Waals surface area contributed by atoms with Crippen LogP contribution in [0.4, 0.5) is 0 Å².